The summed E-state index contributed by atoms with van der Waals surface area (Å²) in [6.07, 6.45) is -3.65. The summed E-state index contributed by atoms with van der Waals surface area (Å²) in [6.45, 7) is 0.0123. The molecular weight excluding hydrogens is 195 g/mol. The minimum absolute atomic E-state index is 0.0123. The lowest BCUT2D eigenvalue weighted by molar-refractivity contribution is -0.137. The Balaban J connectivity index is 2.75. The minimum atomic E-state index is -4.37. The molecule has 0 aliphatic heterocycles. The van der Waals surface area contributed by atoms with Crippen molar-refractivity contribution in [3.63, 3.8) is 0 Å². The number of nitrogens with zero attached hydrogens (tertiary/aromatic N) is 2. The van der Waals surface area contributed by atoms with E-state index in [0.29, 0.717) is 0 Å². The van der Waals surface area contributed by atoms with Crippen LogP contribution in [0.25, 0.3) is 0 Å². The fraction of sp³-hybridized carbons (Fsp3) is 0.250. The van der Waals surface area contributed by atoms with Crippen LogP contribution in [0.15, 0.2) is 18.3 Å². The zero-order valence-corrected chi connectivity index (χ0v) is 6.97. The molecule has 0 amide bonds. The molecule has 1 aromatic heterocycles. The molecule has 1 heterocycles. The van der Waals surface area contributed by atoms with Crippen LogP contribution in [0.3, 0.4) is 0 Å². The van der Waals surface area contributed by atoms with Gasteiger partial charge in [-0.2, -0.15) is 18.4 Å². The molecule has 3 nitrogen and oxygen atoms in total. The minimum Gasteiger partial charge on any atom is -0.357 e. The van der Waals surface area contributed by atoms with Crippen molar-refractivity contribution in [1.82, 2.24) is 4.98 Å². The molecule has 0 saturated heterocycles. The Hall–Kier alpha value is -1.77. The van der Waals surface area contributed by atoms with Gasteiger partial charge in [0.1, 0.15) is 12.4 Å². The first-order chi connectivity index (χ1) is 6.54. The average molecular weight is 201 g/mol. The molecule has 0 radical (unpaired) electrons. The molecule has 0 aromatic carbocycles. The first-order valence-electron chi connectivity index (χ1n) is 3.68. The van der Waals surface area contributed by atoms with Crippen molar-refractivity contribution < 1.29 is 13.2 Å². The van der Waals surface area contributed by atoms with Gasteiger partial charge in [0.15, 0.2) is 0 Å². The summed E-state index contributed by atoms with van der Waals surface area (Å²) in [5.74, 6) is 0.250. The van der Waals surface area contributed by atoms with Crippen LogP contribution in [0.1, 0.15) is 5.56 Å². The Bertz CT molecular complexity index is 336. The molecule has 74 valence electrons. The van der Waals surface area contributed by atoms with Gasteiger partial charge in [0.25, 0.3) is 0 Å². The molecule has 1 rings (SSSR count). The van der Waals surface area contributed by atoms with E-state index in [0.717, 1.165) is 12.3 Å². The zero-order chi connectivity index (χ0) is 10.6. The molecule has 0 fully saturated rings. The molecule has 0 saturated carbocycles. The zero-order valence-electron chi connectivity index (χ0n) is 6.97. The van der Waals surface area contributed by atoms with Gasteiger partial charge >= 0.3 is 6.18 Å². The molecule has 6 heteroatoms. The maximum atomic E-state index is 12.1. The van der Waals surface area contributed by atoms with Gasteiger partial charge in [-0.05, 0) is 12.1 Å². The highest BCUT2D eigenvalue weighted by atomic mass is 19.4. The third-order valence-corrected chi connectivity index (χ3v) is 1.44. The molecule has 0 aliphatic carbocycles. The standard InChI is InChI=1S/C8H6F3N3/c9-8(10,11)6-1-2-7(14-5-6)13-4-3-12/h1-2,5H,4H2,(H,13,14). The van der Waals surface area contributed by atoms with Crippen molar-refractivity contribution >= 4 is 5.82 Å². The molecule has 0 aliphatic rings. The Morgan fingerprint density at radius 1 is 1.43 bits per heavy atom. The highest BCUT2D eigenvalue weighted by Crippen LogP contribution is 2.28. The average Bonchev–Trinajstić information content (AvgIpc) is 2.14. The quantitative estimate of drug-likeness (QED) is 0.745. The molecule has 14 heavy (non-hydrogen) atoms. The van der Waals surface area contributed by atoms with E-state index in [1.54, 1.807) is 6.07 Å². The molecule has 0 unspecified atom stereocenters. The molecule has 1 aromatic rings. The van der Waals surface area contributed by atoms with Gasteiger partial charge in [0.05, 0.1) is 11.6 Å². The number of anilines is 1. The fourth-order valence-corrected chi connectivity index (χ4v) is 0.796. The second-order valence-electron chi connectivity index (χ2n) is 2.44. The summed E-state index contributed by atoms with van der Waals surface area (Å²) in [7, 11) is 0. The molecule has 0 spiro atoms. The number of hydrogen-bond acceptors (Lipinski definition) is 3. The van der Waals surface area contributed by atoms with Crippen molar-refractivity contribution in [2.45, 2.75) is 6.18 Å². The highest BCUT2D eigenvalue weighted by Gasteiger charge is 2.30. The van der Waals surface area contributed by atoms with Crippen molar-refractivity contribution in [3.05, 3.63) is 23.9 Å². The van der Waals surface area contributed by atoms with Crippen LogP contribution < -0.4 is 5.32 Å². The van der Waals surface area contributed by atoms with E-state index in [1.165, 1.54) is 6.07 Å². The normalized spacial score (nSPS) is 10.7. The van der Waals surface area contributed by atoms with Gasteiger partial charge in [0.2, 0.25) is 0 Å². The van der Waals surface area contributed by atoms with E-state index in [4.69, 9.17) is 5.26 Å². The smallest absolute Gasteiger partial charge is 0.357 e. The van der Waals surface area contributed by atoms with E-state index in [2.05, 4.69) is 10.3 Å². The van der Waals surface area contributed by atoms with E-state index in [-0.39, 0.29) is 12.4 Å². The lowest BCUT2D eigenvalue weighted by atomic mass is 10.3. The van der Waals surface area contributed by atoms with Crippen molar-refractivity contribution in [1.29, 1.82) is 5.26 Å². The lowest BCUT2D eigenvalue weighted by Gasteiger charge is -2.06. The van der Waals surface area contributed by atoms with Crippen LogP contribution in [0.2, 0.25) is 0 Å². The van der Waals surface area contributed by atoms with Crippen LogP contribution in [-0.2, 0) is 6.18 Å². The topological polar surface area (TPSA) is 48.7 Å². The number of nitrogens with one attached hydrogen (secondary N) is 1. The summed E-state index contributed by atoms with van der Waals surface area (Å²) < 4.78 is 36.2. The number of alkyl halides is 3. The number of pyridine rings is 1. The van der Waals surface area contributed by atoms with Gasteiger partial charge in [0, 0.05) is 6.20 Å². The molecular formula is C8H6F3N3. The summed E-state index contributed by atoms with van der Waals surface area (Å²) >= 11 is 0. The third kappa shape index (κ3) is 2.62. The predicted molar refractivity (Wildman–Crippen MR) is 43.3 cm³/mol. The maximum absolute atomic E-state index is 12.1. The number of nitriles is 1. The summed E-state index contributed by atoms with van der Waals surface area (Å²) in [5, 5.41) is 10.7. The monoisotopic (exact) mass is 201 g/mol. The predicted octanol–water partition coefficient (Wildman–Crippen LogP) is 2.04. The van der Waals surface area contributed by atoms with Crippen LogP contribution in [0.4, 0.5) is 19.0 Å². The Kier molecular flexibility index (Phi) is 2.92. The van der Waals surface area contributed by atoms with Gasteiger partial charge < -0.3 is 5.32 Å². The Morgan fingerprint density at radius 2 is 2.14 bits per heavy atom. The SMILES string of the molecule is N#CCNc1ccc(C(F)(F)F)cn1. The van der Waals surface area contributed by atoms with E-state index >= 15 is 0 Å². The summed E-state index contributed by atoms with van der Waals surface area (Å²) in [4.78, 5) is 3.50. The second kappa shape index (κ2) is 3.96. The van der Waals surface area contributed by atoms with Gasteiger partial charge in [-0.1, -0.05) is 0 Å². The summed E-state index contributed by atoms with van der Waals surface area (Å²) in [6, 6.07) is 3.88. The van der Waals surface area contributed by atoms with Gasteiger partial charge in [-0.3, -0.25) is 0 Å². The number of halogens is 3. The third-order valence-electron chi connectivity index (χ3n) is 1.44. The van der Waals surface area contributed by atoms with Crippen molar-refractivity contribution in [2.24, 2.45) is 0 Å². The van der Waals surface area contributed by atoms with Crippen LogP contribution in [0, 0.1) is 11.3 Å². The maximum Gasteiger partial charge on any atom is 0.417 e. The number of rotatable bonds is 2. The lowest BCUT2D eigenvalue weighted by Crippen LogP contribution is -2.07. The van der Waals surface area contributed by atoms with Crippen LogP contribution in [0.5, 0.6) is 0 Å². The van der Waals surface area contributed by atoms with E-state index in [1.807, 2.05) is 0 Å². The van der Waals surface area contributed by atoms with Gasteiger partial charge in [-0.25, -0.2) is 4.98 Å². The molecule has 0 bridgehead atoms. The first-order valence-corrected chi connectivity index (χ1v) is 3.68. The molecule has 0 atom stereocenters. The first kappa shape index (κ1) is 10.3. The fourth-order valence-electron chi connectivity index (χ4n) is 0.796. The van der Waals surface area contributed by atoms with Crippen molar-refractivity contribution in [3.8, 4) is 6.07 Å². The van der Waals surface area contributed by atoms with Crippen LogP contribution in [-0.4, -0.2) is 11.5 Å². The molecule has 1 N–H and O–H groups in total. The van der Waals surface area contributed by atoms with Crippen molar-refractivity contribution in [2.75, 3.05) is 11.9 Å². The van der Waals surface area contributed by atoms with E-state index < -0.39 is 11.7 Å². The Morgan fingerprint density at radius 3 is 2.57 bits per heavy atom. The summed E-state index contributed by atoms with van der Waals surface area (Å²) in [5.41, 5.74) is -0.806. The van der Waals surface area contributed by atoms with E-state index in [9.17, 15) is 13.2 Å². The Labute approximate surface area is 78.2 Å². The van der Waals surface area contributed by atoms with Crippen LogP contribution >= 0.6 is 0 Å². The van der Waals surface area contributed by atoms with Gasteiger partial charge in [-0.15, -0.1) is 0 Å². The number of aromatic nitrogens is 1. The largest absolute Gasteiger partial charge is 0.417 e. The second-order valence-corrected chi connectivity index (χ2v) is 2.44. The number of hydrogen-bond donors (Lipinski definition) is 1. The highest BCUT2D eigenvalue weighted by molar-refractivity contribution is 5.36.